The SMILES string of the molecule is Cc1cc(NC(=O)c2ccc(OC3CCOCC3)nc2)c2ccccc2n1. The first-order valence-electron chi connectivity index (χ1n) is 9.07. The van der Waals surface area contributed by atoms with Crippen LogP contribution in [-0.4, -0.2) is 35.2 Å². The van der Waals surface area contributed by atoms with Gasteiger partial charge in [0.1, 0.15) is 6.10 Å². The molecule has 0 bridgehead atoms. The Kier molecular flexibility index (Phi) is 4.98. The molecule has 6 nitrogen and oxygen atoms in total. The molecular formula is C21H21N3O3. The number of benzene rings is 1. The number of pyridine rings is 2. The lowest BCUT2D eigenvalue weighted by molar-refractivity contribution is 0.0237. The molecule has 1 saturated heterocycles. The van der Waals surface area contributed by atoms with E-state index in [4.69, 9.17) is 9.47 Å². The number of rotatable bonds is 4. The van der Waals surface area contributed by atoms with Gasteiger partial charge in [-0.3, -0.25) is 9.78 Å². The van der Waals surface area contributed by atoms with Crippen molar-refractivity contribution in [1.82, 2.24) is 9.97 Å². The highest BCUT2D eigenvalue weighted by Crippen LogP contribution is 2.24. The molecule has 0 saturated carbocycles. The predicted octanol–water partition coefficient (Wildman–Crippen LogP) is 3.75. The van der Waals surface area contributed by atoms with Gasteiger partial charge in [-0.05, 0) is 25.1 Å². The van der Waals surface area contributed by atoms with Gasteiger partial charge >= 0.3 is 0 Å². The van der Waals surface area contributed by atoms with E-state index in [2.05, 4.69) is 15.3 Å². The molecule has 3 aromatic rings. The lowest BCUT2D eigenvalue weighted by atomic mass is 10.1. The summed E-state index contributed by atoms with van der Waals surface area (Å²) in [4.78, 5) is 21.4. The zero-order valence-corrected chi connectivity index (χ0v) is 15.1. The maximum absolute atomic E-state index is 12.6. The fourth-order valence-electron chi connectivity index (χ4n) is 3.15. The topological polar surface area (TPSA) is 73.3 Å². The number of aromatic nitrogens is 2. The van der Waals surface area contributed by atoms with E-state index in [9.17, 15) is 4.79 Å². The number of nitrogens with zero attached hydrogens (tertiary/aromatic N) is 2. The van der Waals surface area contributed by atoms with E-state index < -0.39 is 0 Å². The van der Waals surface area contributed by atoms with Crippen LogP contribution < -0.4 is 10.1 Å². The van der Waals surface area contributed by atoms with Crippen molar-refractivity contribution in [3.8, 4) is 5.88 Å². The first kappa shape index (κ1) is 17.4. The molecule has 1 aromatic carbocycles. The van der Waals surface area contributed by atoms with E-state index in [0.29, 0.717) is 24.7 Å². The fourth-order valence-corrected chi connectivity index (χ4v) is 3.15. The number of fused-ring (bicyclic) bond motifs is 1. The number of aryl methyl sites for hydroxylation is 1. The Morgan fingerprint density at radius 1 is 1.19 bits per heavy atom. The summed E-state index contributed by atoms with van der Waals surface area (Å²) >= 11 is 0. The minimum Gasteiger partial charge on any atom is -0.474 e. The zero-order valence-electron chi connectivity index (χ0n) is 15.1. The molecular weight excluding hydrogens is 342 g/mol. The van der Waals surface area contributed by atoms with Crippen molar-refractivity contribution < 1.29 is 14.3 Å². The lowest BCUT2D eigenvalue weighted by Gasteiger charge is -2.22. The van der Waals surface area contributed by atoms with Gasteiger partial charge in [-0.25, -0.2) is 4.98 Å². The number of carbonyl (C=O) groups excluding carboxylic acids is 1. The number of carbonyl (C=O) groups is 1. The Labute approximate surface area is 157 Å². The van der Waals surface area contributed by atoms with Gasteiger partial charge in [0, 0.05) is 36.2 Å². The molecule has 2 aromatic heterocycles. The van der Waals surface area contributed by atoms with E-state index in [-0.39, 0.29) is 12.0 Å². The molecule has 0 aliphatic carbocycles. The molecule has 0 spiro atoms. The average Bonchev–Trinajstić information content (AvgIpc) is 2.69. The molecule has 1 aliphatic heterocycles. The van der Waals surface area contributed by atoms with Crippen molar-refractivity contribution in [3.63, 3.8) is 0 Å². The van der Waals surface area contributed by atoms with Crippen LogP contribution in [0.3, 0.4) is 0 Å². The summed E-state index contributed by atoms with van der Waals surface area (Å²) < 4.78 is 11.2. The second-order valence-corrected chi connectivity index (χ2v) is 6.60. The van der Waals surface area contributed by atoms with Gasteiger partial charge in [-0.2, -0.15) is 0 Å². The second kappa shape index (κ2) is 7.72. The second-order valence-electron chi connectivity index (χ2n) is 6.60. The number of hydrogen-bond donors (Lipinski definition) is 1. The number of hydrogen-bond acceptors (Lipinski definition) is 5. The summed E-state index contributed by atoms with van der Waals surface area (Å²) in [6.07, 6.45) is 3.38. The Balaban J connectivity index is 1.48. The molecule has 27 heavy (non-hydrogen) atoms. The van der Waals surface area contributed by atoms with Crippen LogP contribution in [0.2, 0.25) is 0 Å². The van der Waals surface area contributed by atoms with Crippen LogP contribution >= 0.6 is 0 Å². The largest absolute Gasteiger partial charge is 0.474 e. The lowest BCUT2D eigenvalue weighted by Crippen LogP contribution is -2.26. The normalized spacial score (nSPS) is 14.9. The molecule has 3 heterocycles. The quantitative estimate of drug-likeness (QED) is 0.764. The maximum Gasteiger partial charge on any atom is 0.257 e. The minimum absolute atomic E-state index is 0.122. The van der Waals surface area contributed by atoms with Gasteiger partial charge in [-0.1, -0.05) is 18.2 Å². The van der Waals surface area contributed by atoms with Crippen molar-refractivity contribution >= 4 is 22.5 Å². The van der Waals surface area contributed by atoms with Crippen LogP contribution in [0.25, 0.3) is 10.9 Å². The molecule has 1 aliphatic rings. The number of ether oxygens (including phenoxy) is 2. The molecule has 0 atom stereocenters. The Morgan fingerprint density at radius 3 is 2.78 bits per heavy atom. The van der Waals surface area contributed by atoms with Gasteiger partial charge in [0.25, 0.3) is 5.91 Å². The molecule has 1 amide bonds. The Hall–Kier alpha value is -2.99. The molecule has 0 unspecified atom stereocenters. The van der Waals surface area contributed by atoms with E-state index >= 15 is 0 Å². The van der Waals surface area contributed by atoms with E-state index in [1.54, 1.807) is 18.3 Å². The standard InChI is InChI=1S/C21H21N3O3/c1-14-12-19(17-4-2-3-5-18(17)23-14)24-21(25)15-6-7-20(22-13-15)27-16-8-10-26-11-9-16/h2-7,12-13,16H,8-11H2,1H3,(H,23,24,25). The highest BCUT2D eigenvalue weighted by Gasteiger charge is 2.16. The van der Waals surface area contributed by atoms with E-state index in [0.717, 1.165) is 35.1 Å². The molecule has 1 N–H and O–H groups in total. The zero-order chi connectivity index (χ0) is 18.6. The summed E-state index contributed by atoms with van der Waals surface area (Å²) in [5.74, 6) is 0.319. The van der Waals surface area contributed by atoms with E-state index in [1.165, 1.54) is 0 Å². The van der Waals surface area contributed by atoms with Crippen molar-refractivity contribution in [2.24, 2.45) is 0 Å². The summed E-state index contributed by atoms with van der Waals surface area (Å²) in [5.41, 5.74) is 2.92. The van der Waals surface area contributed by atoms with Crippen molar-refractivity contribution in [2.45, 2.75) is 25.9 Å². The van der Waals surface area contributed by atoms with Crippen molar-refractivity contribution in [1.29, 1.82) is 0 Å². The summed E-state index contributed by atoms with van der Waals surface area (Å²) in [6.45, 7) is 3.33. The molecule has 4 rings (SSSR count). The van der Waals surface area contributed by atoms with Gasteiger partial charge in [0.15, 0.2) is 0 Å². The number of para-hydroxylation sites is 1. The summed E-state index contributed by atoms with van der Waals surface area (Å²) in [6, 6.07) is 13.1. The smallest absolute Gasteiger partial charge is 0.257 e. The average molecular weight is 363 g/mol. The third-order valence-electron chi connectivity index (χ3n) is 4.55. The number of amides is 1. The third kappa shape index (κ3) is 4.06. The van der Waals surface area contributed by atoms with Gasteiger partial charge in [0.05, 0.1) is 30.0 Å². The first-order valence-corrected chi connectivity index (χ1v) is 9.07. The van der Waals surface area contributed by atoms with Gasteiger partial charge < -0.3 is 14.8 Å². The van der Waals surface area contributed by atoms with Crippen LogP contribution in [0.15, 0.2) is 48.7 Å². The third-order valence-corrected chi connectivity index (χ3v) is 4.55. The van der Waals surface area contributed by atoms with Crippen LogP contribution in [0.1, 0.15) is 28.9 Å². The highest BCUT2D eigenvalue weighted by atomic mass is 16.5. The van der Waals surface area contributed by atoms with Crippen LogP contribution in [0.5, 0.6) is 5.88 Å². The number of nitrogens with one attached hydrogen (secondary N) is 1. The maximum atomic E-state index is 12.6. The van der Waals surface area contributed by atoms with Crippen LogP contribution in [0.4, 0.5) is 5.69 Å². The summed E-state index contributed by atoms with van der Waals surface area (Å²) in [5, 5.41) is 3.87. The molecule has 6 heteroatoms. The monoisotopic (exact) mass is 363 g/mol. The molecule has 1 fully saturated rings. The highest BCUT2D eigenvalue weighted by molar-refractivity contribution is 6.08. The Morgan fingerprint density at radius 2 is 2.00 bits per heavy atom. The van der Waals surface area contributed by atoms with Crippen LogP contribution in [-0.2, 0) is 4.74 Å². The van der Waals surface area contributed by atoms with E-state index in [1.807, 2.05) is 37.3 Å². The van der Waals surface area contributed by atoms with Crippen molar-refractivity contribution in [3.05, 3.63) is 59.9 Å². The minimum atomic E-state index is -0.212. The molecule has 0 radical (unpaired) electrons. The first-order chi connectivity index (χ1) is 13.2. The van der Waals surface area contributed by atoms with Gasteiger partial charge in [-0.15, -0.1) is 0 Å². The Bertz CT molecular complexity index is 951. The molecule has 138 valence electrons. The van der Waals surface area contributed by atoms with Crippen molar-refractivity contribution in [2.75, 3.05) is 18.5 Å². The van der Waals surface area contributed by atoms with Gasteiger partial charge in [0.2, 0.25) is 5.88 Å². The summed E-state index contributed by atoms with van der Waals surface area (Å²) in [7, 11) is 0. The predicted molar refractivity (Wildman–Crippen MR) is 103 cm³/mol. The fraction of sp³-hybridized carbons (Fsp3) is 0.286. The number of anilines is 1. The van der Waals surface area contributed by atoms with Crippen LogP contribution in [0, 0.1) is 6.92 Å².